The molecule has 1 aliphatic carbocycles. The quantitative estimate of drug-likeness (QED) is 0.597. The Morgan fingerprint density at radius 1 is 1.50 bits per heavy atom. The second-order valence-electron chi connectivity index (χ2n) is 4.93. The fraction of sp³-hybridized carbons (Fsp3) is 0.818. The maximum absolute atomic E-state index is 9.81. The molecule has 1 N–H and O–H groups in total. The average molecular weight is 168 g/mol. The Labute approximate surface area is 75.5 Å². The van der Waals surface area contributed by atoms with E-state index in [0.717, 1.165) is 18.4 Å². The van der Waals surface area contributed by atoms with Gasteiger partial charge in [-0.15, -0.1) is 0 Å². The Balaban J connectivity index is 2.60. The van der Waals surface area contributed by atoms with Gasteiger partial charge in [-0.05, 0) is 31.6 Å². The zero-order chi connectivity index (χ0) is 9.35. The average Bonchev–Trinajstić information content (AvgIpc) is 1.83. The van der Waals surface area contributed by atoms with Gasteiger partial charge in [-0.3, -0.25) is 0 Å². The summed E-state index contributed by atoms with van der Waals surface area (Å²) < 4.78 is 0. The number of hydrogen-bond donors (Lipinski definition) is 1. The van der Waals surface area contributed by atoms with Crippen molar-refractivity contribution in [2.75, 3.05) is 0 Å². The Kier molecular flexibility index (Phi) is 2.62. The third kappa shape index (κ3) is 2.10. The van der Waals surface area contributed by atoms with Crippen LogP contribution < -0.4 is 0 Å². The molecule has 0 unspecified atom stereocenters. The third-order valence-corrected chi connectivity index (χ3v) is 2.99. The minimum atomic E-state index is -0.161. The molecule has 70 valence electrons. The van der Waals surface area contributed by atoms with Gasteiger partial charge in [0.05, 0.1) is 6.10 Å². The lowest BCUT2D eigenvalue weighted by molar-refractivity contribution is 0.0303. The van der Waals surface area contributed by atoms with E-state index in [4.69, 9.17) is 0 Å². The fourth-order valence-corrected chi connectivity index (χ4v) is 2.12. The van der Waals surface area contributed by atoms with Crippen molar-refractivity contribution >= 4 is 0 Å². The molecule has 1 nitrogen and oxygen atoms in total. The van der Waals surface area contributed by atoms with Gasteiger partial charge in [0.1, 0.15) is 0 Å². The predicted molar refractivity (Wildman–Crippen MR) is 51.9 cm³/mol. The van der Waals surface area contributed by atoms with Crippen LogP contribution in [-0.4, -0.2) is 11.2 Å². The van der Waals surface area contributed by atoms with Gasteiger partial charge < -0.3 is 5.11 Å². The van der Waals surface area contributed by atoms with Gasteiger partial charge in [0.15, 0.2) is 0 Å². The summed E-state index contributed by atoms with van der Waals surface area (Å²) in [5.41, 5.74) is 1.46. The maximum Gasteiger partial charge on any atom is 0.0610 e. The van der Waals surface area contributed by atoms with E-state index in [0.29, 0.717) is 11.3 Å². The summed E-state index contributed by atoms with van der Waals surface area (Å²) in [7, 11) is 0. The van der Waals surface area contributed by atoms with Crippen LogP contribution in [0.4, 0.5) is 0 Å². The highest BCUT2D eigenvalue weighted by molar-refractivity contribution is 5.03. The summed E-state index contributed by atoms with van der Waals surface area (Å²) in [5.74, 6) is 0.345. The Morgan fingerprint density at radius 2 is 2.08 bits per heavy atom. The van der Waals surface area contributed by atoms with Crippen LogP contribution in [0.15, 0.2) is 12.2 Å². The molecule has 2 atom stereocenters. The van der Waals surface area contributed by atoms with Crippen molar-refractivity contribution in [2.45, 2.75) is 46.1 Å². The summed E-state index contributed by atoms with van der Waals surface area (Å²) in [4.78, 5) is 0. The molecule has 0 bridgehead atoms. The zero-order valence-electron chi connectivity index (χ0n) is 8.43. The summed E-state index contributed by atoms with van der Waals surface area (Å²) in [5, 5.41) is 9.81. The minimum absolute atomic E-state index is 0.161. The lowest BCUT2D eigenvalue weighted by atomic mass is 9.70. The molecule has 0 aromatic heterocycles. The van der Waals surface area contributed by atoms with Crippen LogP contribution in [0.1, 0.15) is 40.0 Å². The predicted octanol–water partition coefficient (Wildman–Crippen LogP) is 2.75. The van der Waals surface area contributed by atoms with Crippen molar-refractivity contribution < 1.29 is 5.11 Å². The molecule has 0 heterocycles. The highest BCUT2D eigenvalue weighted by Gasteiger charge is 2.33. The number of aliphatic hydroxyl groups is 1. The molecule has 1 saturated carbocycles. The van der Waals surface area contributed by atoms with Crippen molar-refractivity contribution in [1.29, 1.82) is 0 Å². The molecule has 0 radical (unpaired) electrons. The highest BCUT2D eigenvalue weighted by Crippen LogP contribution is 2.40. The first-order valence-electron chi connectivity index (χ1n) is 4.76. The molecular formula is C11H20O. The van der Waals surface area contributed by atoms with Crippen molar-refractivity contribution in [3.8, 4) is 0 Å². The van der Waals surface area contributed by atoms with Crippen LogP contribution in [0, 0.1) is 11.3 Å². The normalized spacial score (nSPS) is 34.7. The van der Waals surface area contributed by atoms with Crippen LogP contribution >= 0.6 is 0 Å². The van der Waals surface area contributed by atoms with E-state index in [-0.39, 0.29) is 6.10 Å². The standard InChI is InChI=1S/C11H20O/c1-8(2)9-5-6-11(3,4)7-10(9)12/h9-10,12H,1,5-7H2,2-4H3/t9-,10-/m0/s1. The van der Waals surface area contributed by atoms with Crippen LogP contribution in [0.5, 0.6) is 0 Å². The molecule has 0 amide bonds. The third-order valence-electron chi connectivity index (χ3n) is 2.99. The van der Waals surface area contributed by atoms with E-state index < -0.39 is 0 Å². The summed E-state index contributed by atoms with van der Waals surface area (Å²) in [6, 6.07) is 0. The molecule has 0 aliphatic heterocycles. The SMILES string of the molecule is C=C(C)[C@@H]1CCC(C)(C)C[C@@H]1O. The van der Waals surface area contributed by atoms with Crippen LogP contribution in [0.3, 0.4) is 0 Å². The molecule has 0 aromatic carbocycles. The summed E-state index contributed by atoms with van der Waals surface area (Å²) >= 11 is 0. The van der Waals surface area contributed by atoms with Crippen molar-refractivity contribution in [3.05, 3.63) is 12.2 Å². The van der Waals surface area contributed by atoms with Crippen LogP contribution in [-0.2, 0) is 0 Å². The lowest BCUT2D eigenvalue weighted by Gasteiger charge is -2.38. The molecular weight excluding hydrogens is 148 g/mol. The van der Waals surface area contributed by atoms with E-state index in [2.05, 4.69) is 20.4 Å². The Morgan fingerprint density at radius 3 is 2.50 bits per heavy atom. The Hall–Kier alpha value is -0.300. The number of hydrogen-bond acceptors (Lipinski definition) is 1. The van der Waals surface area contributed by atoms with Gasteiger partial charge >= 0.3 is 0 Å². The van der Waals surface area contributed by atoms with E-state index in [1.54, 1.807) is 0 Å². The molecule has 12 heavy (non-hydrogen) atoms. The first-order chi connectivity index (χ1) is 5.42. The van der Waals surface area contributed by atoms with Gasteiger partial charge in [-0.1, -0.05) is 26.0 Å². The molecule has 1 fully saturated rings. The fourth-order valence-electron chi connectivity index (χ4n) is 2.12. The van der Waals surface area contributed by atoms with Gasteiger partial charge in [-0.25, -0.2) is 0 Å². The van der Waals surface area contributed by atoms with Crippen LogP contribution in [0.25, 0.3) is 0 Å². The molecule has 0 aromatic rings. The summed E-state index contributed by atoms with van der Waals surface area (Å²) in [6.45, 7) is 10.4. The molecule has 0 saturated heterocycles. The van der Waals surface area contributed by atoms with Crippen molar-refractivity contribution in [3.63, 3.8) is 0 Å². The van der Waals surface area contributed by atoms with Gasteiger partial charge in [0.2, 0.25) is 0 Å². The van der Waals surface area contributed by atoms with E-state index in [1.165, 1.54) is 6.42 Å². The lowest BCUT2D eigenvalue weighted by Crippen LogP contribution is -2.34. The van der Waals surface area contributed by atoms with Gasteiger partial charge in [0, 0.05) is 5.92 Å². The van der Waals surface area contributed by atoms with E-state index in [9.17, 15) is 5.11 Å². The van der Waals surface area contributed by atoms with Crippen molar-refractivity contribution in [1.82, 2.24) is 0 Å². The Bertz CT molecular complexity index is 181. The van der Waals surface area contributed by atoms with Crippen LogP contribution in [0.2, 0.25) is 0 Å². The van der Waals surface area contributed by atoms with E-state index in [1.807, 2.05) is 6.92 Å². The monoisotopic (exact) mass is 168 g/mol. The zero-order valence-corrected chi connectivity index (χ0v) is 8.43. The molecule has 0 spiro atoms. The largest absolute Gasteiger partial charge is 0.392 e. The topological polar surface area (TPSA) is 20.2 Å². The van der Waals surface area contributed by atoms with Gasteiger partial charge in [0.25, 0.3) is 0 Å². The molecule has 1 heteroatoms. The highest BCUT2D eigenvalue weighted by atomic mass is 16.3. The van der Waals surface area contributed by atoms with E-state index >= 15 is 0 Å². The maximum atomic E-state index is 9.81. The first-order valence-corrected chi connectivity index (χ1v) is 4.76. The second kappa shape index (κ2) is 3.21. The second-order valence-corrected chi connectivity index (χ2v) is 4.93. The molecule has 1 rings (SSSR count). The molecule has 1 aliphatic rings. The first kappa shape index (κ1) is 9.79. The number of aliphatic hydroxyl groups excluding tert-OH is 1. The van der Waals surface area contributed by atoms with Gasteiger partial charge in [-0.2, -0.15) is 0 Å². The number of rotatable bonds is 1. The minimum Gasteiger partial charge on any atom is -0.392 e. The van der Waals surface area contributed by atoms with Crippen molar-refractivity contribution in [2.24, 2.45) is 11.3 Å². The summed E-state index contributed by atoms with van der Waals surface area (Å²) in [6.07, 6.45) is 3.07. The smallest absolute Gasteiger partial charge is 0.0610 e.